The standard InChI is InChI=1S/C49H44N.C37H28N.Ir/c1-36-16-12-17-37(2)49(36)47-35-43(29-30-46(47)44-26-15-27-45(34-44)48-28-10-11-31-50-48)42-25-14-24-41(33-42)40-23-13-22-39(32-40)21-7-4-3-6-18-38-19-8-5-9-20-38;1-26-11-8-12-27(2)37(26)35-25-31(30-16-9-15-29(23-30)28-13-4-3-5-14-28)20-21-34(35)32-17-10-18-33(24-32)36-19-6-7-22-38-36;/h5,8-17,19-20,22-26,28-35H,3-4,6-7,18,21H2,1-2H3;3-17,19-25H,1-2H3;/q2*-1;. The van der Waals surface area contributed by atoms with E-state index in [1.54, 1.807) is 0 Å². The normalized spacial score (nSPS) is 10.9. The smallest absolute Gasteiger partial charge is 0.0160 e. The summed E-state index contributed by atoms with van der Waals surface area (Å²) in [7, 11) is 0. The third-order valence-corrected chi connectivity index (χ3v) is 16.9. The first kappa shape index (κ1) is 61.0. The van der Waals surface area contributed by atoms with Crippen molar-refractivity contribution in [2.24, 2.45) is 0 Å². The van der Waals surface area contributed by atoms with Crippen molar-refractivity contribution in [3.63, 3.8) is 0 Å². The fraction of sp³-hybridized carbons (Fsp3) is 0.116. The molecular weight excluding hydrogens is 1250 g/mol. The van der Waals surface area contributed by atoms with Gasteiger partial charge in [-0.05, 0) is 212 Å². The van der Waals surface area contributed by atoms with E-state index in [1.165, 1.54) is 143 Å². The number of rotatable bonds is 17. The number of aromatic nitrogens is 2. The van der Waals surface area contributed by atoms with Crippen LogP contribution >= 0.6 is 0 Å². The first-order valence-corrected chi connectivity index (χ1v) is 31.0. The Morgan fingerprint density at radius 2 is 0.640 bits per heavy atom. The molecule has 437 valence electrons. The largest absolute Gasteiger partial charge is 0.305 e. The van der Waals surface area contributed by atoms with E-state index < -0.39 is 0 Å². The van der Waals surface area contributed by atoms with Crippen LogP contribution in [0.15, 0.2) is 291 Å². The molecule has 13 rings (SSSR count). The van der Waals surface area contributed by atoms with Crippen molar-refractivity contribution in [2.75, 3.05) is 0 Å². The van der Waals surface area contributed by atoms with Crippen molar-refractivity contribution in [3.05, 3.63) is 337 Å². The number of hydrogen-bond donors (Lipinski definition) is 0. The number of aryl methyl sites for hydroxylation is 6. The van der Waals surface area contributed by atoms with Crippen molar-refractivity contribution in [1.29, 1.82) is 0 Å². The summed E-state index contributed by atoms with van der Waals surface area (Å²) in [4.78, 5) is 9.14. The number of benzene rings is 11. The van der Waals surface area contributed by atoms with Gasteiger partial charge in [-0.15, -0.1) is 70.8 Å². The number of nitrogens with zero attached hydrogens (tertiary/aromatic N) is 2. The maximum Gasteiger partial charge on any atom is 0.0160 e. The summed E-state index contributed by atoms with van der Waals surface area (Å²) in [5, 5.41) is 0. The SMILES string of the molecule is Cc1cccc(C)c1-c1cc(-c2cccc(-c3cccc(CCCCCCc4ccccc4)c3)c2)ccc1-c1cc[c-]c(-c2ccccn2)c1.Cc1cccc(C)c1-c1cc(-c2cccc(-c3ccccc3)c2)ccc1-c1cc[c-]c(-c2ccccn2)c1.[Ir]. The van der Waals surface area contributed by atoms with Crippen LogP contribution in [0.2, 0.25) is 0 Å². The second-order valence-electron chi connectivity index (χ2n) is 23.1. The molecule has 2 aromatic heterocycles. The fourth-order valence-corrected chi connectivity index (χ4v) is 12.4. The van der Waals surface area contributed by atoms with E-state index in [0.29, 0.717) is 0 Å². The maximum atomic E-state index is 4.59. The molecule has 0 spiro atoms. The molecule has 0 bridgehead atoms. The Hall–Kier alpha value is -9.63. The minimum absolute atomic E-state index is 0. The quantitative estimate of drug-likeness (QED) is 0.0671. The van der Waals surface area contributed by atoms with Gasteiger partial charge >= 0.3 is 0 Å². The molecule has 0 atom stereocenters. The Bertz CT molecular complexity index is 4430. The van der Waals surface area contributed by atoms with Gasteiger partial charge in [0.15, 0.2) is 0 Å². The average molecular weight is 1330 g/mol. The van der Waals surface area contributed by atoms with Crippen molar-refractivity contribution < 1.29 is 20.1 Å². The van der Waals surface area contributed by atoms with E-state index in [4.69, 9.17) is 0 Å². The first-order chi connectivity index (χ1) is 43.3. The number of unbranched alkanes of at least 4 members (excludes halogenated alkanes) is 3. The van der Waals surface area contributed by atoms with Gasteiger partial charge < -0.3 is 9.97 Å². The summed E-state index contributed by atoms with van der Waals surface area (Å²) >= 11 is 0. The molecule has 0 aliphatic heterocycles. The molecular formula is C86H72IrN2-2. The van der Waals surface area contributed by atoms with Crippen LogP contribution in [-0.4, -0.2) is 9.97 Å². The van der Waals surface area contributed by atoms with Crippen LogP contribution in [0.5, 0.6) is 0 Å². The first-order valence-electron chi connectivity index (χ1n) is 31.0. The molecule has 0 fully saturated rings. The van der Waals surface area contributed by atoms with E-state index in [1.807, 2.05) is 60.9 Å². The van der Waals surface area contributed by atoms with E-state index >= 15 is 0 Å². The summed E-state index contributed by atoms with van der Waals surface area (Å²) in [6.07, 6.45) is 11.0. The third kappa shape index (κ3) is 14.9. The van der Waals surface area contributed by atoms with Crippen molar-refractivity contribution in [2.45, 2.75) is 66.2 Å². The zero-order chi connectivity index (χ0) is 60.0. The molecule has 0 aliphatic carbocycles. The summed E-state index contributed by atoms with van der Waals surface area (Å²) in [6.45, 7) is 8.84. The predicted molar refractivity (Wildman–Crippen MR) is 372 cm³/mol. The Balaban J connectivity index is 0.000000188. The maximum absolute atomic E-state index is 4.59. The zero-order valence-electron chi connectivity index (χ0n) is 51.2. The van der Waals surface area contributed by atoms with Crippen molar-refractivity contribution >= 4 is 0 Å². The van der Waals surface area contributed by atoms with Gasteiger partial charge in [-0.1, -0.05) is 219 Å². The second kappa shape index (κ2) is 29.4. The van der Waals surface area contributed by atoms with Gasteiger partial charge in [-0.3, -0.25) is 0 Å². The van der Waals surface area contributed by atoms with Crippen LogP contribution in [0.1, 0.15) is 59.1 Å². The van der Waals surface area contributed by atoms with Gasteiger partial charge in [-0.2, -0.15) is 0 Å². The minimum Gasteiger partial charge on any atom is -0.305 e. The summed E-state index contributed by atoms with van der Waals surface area (Å²) in [6, 6.07) is 107. The Kier molecular flexibility index (Phi) is 20.1. The Labute approximate surface area is 541 Å². The van der Waals surface area contributed by atoms with Gasteiger partial charge in [-0.25, -0.2) is 0 Å². The van der Waals surface area contributed by atoms with Gasteiger partial charge in [0.05, 0.1) is 0 Å². The molecule has 1 radical (unpaired) electrons. The predicted octanol–water partition coefficient (Wildman–Crippen LogP) is 23.0. The number of pyridine rings is 2. The molecule has 0 unspecified atom stereocenters. The van der Waals surface area contributed by atoms with Gasteiger partial charge in [0, 0.05) is 32.5 Å². The van der Waals surface area contributed by atoms with E-state index in [2.05, 4.69) is 280 Å². The Morgan fingerprint density at radius 1 is 0.270 bits per heavy atom. The second-order valence-corrected chi connectivity index (χ2v) is 23.1. The van der Waals surface area contributed by atoms with E-state index in [0.717, 1.165) is 40.1 Å². The van der Waals surface area contributed by atoms with Crippen LogP contribution in [0.25, 0.3) is 112 Å². The van der Waals surface area contributed by atoms with Crippen LogP contribution in [0.3, 0.4) is 0 Å². The fourth-order valence-electron chi connectivity index (χ4n) is 12.4. The van der Waals surface area contributed by atoms with E-state index in [-0.39, 0.29) is 20.1 Å². The molecule has 0 aliphatic rings. The molecule has 0 amide bonds. The summed E-state index contributed by atoms with van der Waals surface area (Å²) < 4.78 is 0. The van der Waals surface area contributed by atoms with Crippen LogP contribution in [0, 0.1) is 39.8 Å². The van der Waals surface area contributed by atoms with Crippen molar-refractivity contribution in [3.8, 4) is 112 Å². The Morgan fingerprint density at radius 3 is 1.10 bits per heavy atom. The van der Waals surface area contributed by atoms with Gasteiger partial charge in [0.1, 0.15) is 0 Å². The van der Waals surface area contributed by atoms with Crippen LogP contribution < -0.4 is 0 Å². The summed E-state index contributed by atoms with van der Waals surface area (Å²) in [5.41, 5.74) is 31.4. The van der Waals surface area contributed by atoms with E-state index in [9.17, 15) is 0 Å². The topological polar surface area (TPSA) is 25.8 Å². The van der Waals surface area contributed by atoms with Crippen LogP contribution in [0.4, 0.5) is 0 Å². The monoisotopic (exact) mass is 1330 g/mol. The third-order valence-electron chi connectivity index (χ3n) is 16.9. The minimum atomic E-state index is 0. The average Bonchev–Trinajstić information content (AvgIpc) is 2.04. The summed E-state index contributed by atoms with van der Waals surface area (Å²) in [5.74, 6) is 0. The van der Waals surface area contributed by atoms with Crippen LogP contribution in [-0.2, 0) is 32.9 Å². The molecule has 3 heteroatoms. The molecule has 2 nitrogen and oxygen atoms in total. The molecule has 13 aromatic rings. The molecule has 89 heavy (non-hydrogen) atoms. The van der Waals surface area contributed by atoms with Gasteiger partial charge in [0.2, 0.25) is 0 Å². The number of hydrogen-bond acceptors (Lipinski definition) is 2. The van der Waals surface area contributed by atoms with Gasteiger partial charge in [0.25, 0.3) is 0 Å². The van der Waals surface area contributed by atoms with Crippen molar-refractivity contribution in [1.82, 2.24) is 9.97 Å². The zero-order valence-corrected chi connectivity index (χ0v) is 53.6. The molecule has 0 N–H and O–H groups in total. The molecule has 11 aromatic carbocycles. The molecule has 0 saturated heterocycles. The molecule has 0 saturated carbocycles. The molecule has 2 heterocycles.